The Morgan fingerprint density at radius 2 is 1.90 bits per heavy atom. The fraction of sp³-hybridized carbons (Fsp3) is 0.188. The molecule has 3 nitrogen and oxygen atoms in total. The van der Waals surface area contributed by atoms with Gasteiger partial charge in [-0.1, -0.05) is 24.3 Å². The minimum atomic E-state index is -0.246. The number of hydrogen-bond acceptors (Lipinski definition) is 4. The van der Waals surface area contributed by atoms with Crippen molar-refractivity contribution in [3.05, 3.63) is 59.7 Å². The zero-order chi connectivity index (χ0) is 14.4. The first-order chi connectivity index (χ1) is 9.67. The third-order valence-electron chi connectivity index (χ3n) is 2.86. The van der Waals surface area contributed by atoms with E-state index >= 15 is 0 Å². The molecule has 0 fully saturated rings. The van der Waals surface area contributed by atoms with E-state index in [4.69, 9.17) is 10.5 Å². The van der Waals surface area contributed by atoms with Crippen LogP contribution in [0.5, 0.6) is 0 Å². The van der Waals surface area contributed by atoms with Crippen LogP contribution in [0.2, 0.25) is 0 Å². The number of anilines is 1. The molecule has 2 rings (SSSR count). The molecule has 104 valence electrons. The van der Waals surface area contributed by atoms with Gasteiger partial charge in [-0.3, -0.25) is 4.79 Å². The Labute approximate surface area is 123 Å². The zero-order valence-corrected chi connectivity index (χ0v) is 12.2. The number of nitrogen functional groups attached to an aromatic ring is 1. The van der Waals surface area contributed by atoms with Crippen LogP contribution in [-0.2, 0) is 22.6 Å². The summed E-state index contributed by atoms with van der Waals surface area (Å²) in [5.74, 6) is -0.246. The van der Waals surface area contributed by atoms with Crippen LogP contribution < -0.4 is 5.73 Å². The van der Waals surface area contributed by atoms with Crippen molar-refractivity contribution in [1.82, 2.24) is 0 Å². The highest BCUT2D eigenvalue weighted by molar-refractivity contribution is 7.98. The number of nitrogens with two attached hydrogens (primary N) is 1. The molecule has 0 radical (unpaired) electrons. The number of thioether (sulfide) groups is 1. The maximum atomic E-state index is 11.8. The van der Waals surface area contributed by atoms with Gasteiger partial charge < -0.3 is 10.5 Å². The molecule has 4 heteroatoms. The van der Waals surface area contributed by atoms with Gasteiger partial charge in [-0.15, -0.1) is 11.8 Å². The molecule has 0 spiro atoms. The molecule has 0 heterocycles. The zero-order valence-electron chi connectivity index (χ0n) is 11.3. The average molecular weight is 287 g/mol. The Hall–Kier alpha value is -1.94. The first kappa shape index (κ1) is 14.5. The normalized spacial score (nSPS) is 10.2. The summed E-state index contributed by atoms with van der Waals surface area (Å²) >= 11 is 1.69. The summed E-state index contributed by atoms with van der Waals surface area (Å²) in [5.41, 5.74) is 8.19. The molecular weight excluding hydrogens is 270 g/mol. The van der Waals surface area contributed by atoms with Gasteiger partial charge in [0.25, 0.3) is 0 Å². The Kier molecular flexibility index (Phi) is 5.07. The van der Waals surface area contributed by atoms with Crippen molar-refractivity contribution in [3.8, 4) is 0 Å². The van der Waals surface area contributed by atoms with Gasteiger partial charge in [0.15, 0.2) is 0 Å². The Morgan fingerprint density at radius 1 is 1.15 bits per heavy atom. The number of hydrogen-bond donors (Lipinski definition) is 1. The predicted molar refractivity (Wildman–Crippen MR) is 82.6 cm³/mol. The van der Waals surface area contributed by atoms with Crippen molar-refractivity contribution in [2.24, 2.45) is 0 Å². The summed E-state index contributed by atoms with van der Waals surface area (Å²) in [6.07, 6.45) is 2.27. The Morgan fingerprint density at radius 3 is 2.55 bits per heavy atom. The monoisotopic (exact) mass is 287 g/mol. The number of esters is 1. The summed E-state index contributed by atoms with van der Waals surface area (Å²) in [5, 5.41) is 0. The second-order valence-corrected chi connectivity index (χ2v) is 5.31. The van der Waals surface area contributed by atoms with Crippen LogP contribution in [0.4, 0.5) is 5.69 Å². The topological polar surface area (TPSA) is 52.3 Å². The van der Waals surface area contributed by atoms with Crippen LogP contribution in [0.25, 0.3) is 0 Å². The van der Waals surface area contributed by atoms with Gasteiger partial charge in [0.2, 0.25) is 0 Å². The van der Waals surface area contributed by atoms with E-state index in [2.05, 4.69) is 0 Å². The van der Waals surface area contributed by atoms with Crippen molar-refractivity contribution in [3.63, 3.8) is 0 Å². The lowest BCUT2D eigenvalue weighted by atomic mass is 10.1. The van der Waals surface area contributed by atoms with Gasteiger partial charge in [0, 0.05) is 10.6 Å². The quantitative estimate of drug-likeness (QED) is 0.521. The first-order valence-electron chi connectivity index (χ1n) is 6.30. The number of ether oxygens (including phenoxy) is 1. The molecule has 20 heavy (non-hydrogen) atoms. The predicted octanol–water partition coefficient (Wildman–Crippen LogP) is 3.28. The van der Waals surface area contributed by atoms with Crippen LogP contribution >= 0.6 is 11.8 Å². The molecule has 0 saturated carbocycles. The molecule has 0 aromatic heterocycles. The number of benzene rings is 2. The summed E-state index contributed by atoms with van der Waals surface area (Å²) in [4.78, 5) is 12.9. The molecule has 0 saturated heterocycles. The van der Waals surface area contributed by atoms with E-state index in [1.54, 1.807) is 23.9 Å². The molecule has 0 unspecified atom stereocenters. The summed E-state index contributed by atoms with van der Waals surface area (Å²) in [6.45, 7) is 0.301. The van der Waals surface area contributed by atoms with Gasteiger partial charge in [-0.2, -0.15) is 0 Å². The summed E-state index contributed by atoms with van der Waals surface area (Å²) in [6, 6.07) is 15.3. The third kappa shape index (κ3) is 4.31. The van der Waals surface area contributed by atoms with Crippen molar-refractivity contribution in [1.29, 1.82) is 0 Å². The Balaban J connectivity index is 1.85. The number of rotatable bonds is 5. The highest BCUT2D eigenvalue weighted by Gasteiger charge is 2.05. The fourth-order valence-corrected chi connectivity index (χ4v) is 2.21. The number of carbonyl (C=O) groups is 1. The second-order valence-electron chi connectivity index (χ2n) is 4.43. The molecule has 0 atom stereocenters. The minimum Gasteiger partial charge on any atom is -0.461 e. The van der Waals surface area contributed by atoms with Crippen LogP contribution in [0.1, 0.15) is 11.1 Å². The molecule has 2 aromatic carbocycles. The van der Waals surface area contributed by atoms with Gasteiger partial charge >= 0.3 is 5.97 Å². The average Bonchev–Trinajstić information content (AvgIpc) is 2.46. The van der Waals surface area contributed by atoms with Crippen LogP contribution in [0.15, 0.2) is 53.4 Å². The standard InChI is InChI=1S/C16H17NO2S/c1-20-15-7-5-12(6-8-15)11-19-16(18)10-13-3-2-4-14(17)9-13/h2-9H,10-11,17H2,1H3. The fourth-order valence-electron chi connectivity index (χ4n) is 1.81. The second kappa shape index (κ2) is 7.01. The summed E-state index contributed by atoms with van der Waals surface area (Å²) in [7, 11) is 0. The van der Waals surface area contributed by atoms with E-state index < -0.39 is 0 Å². The lowest BCUT2D eigenvalue weighted by Crippen LogP contribution is -2.08. The molecule has 2 aromatic rings. The van der Waals surface area contributed by atoms with E-state index in [1.807, 2.05) is 42.7 Å². The van der Waals surface area contributed by atoms with E-state index in [-0.39, 0.29) is 12.4 Å². The van der Waals surface area contributed by atoms with Crippen molar-refractivity contribution < 1.29 is 9.53 Å². The largest absolute Gasteiger partial charge is 0.461 e. The SMILES string of the molecule is CSc1ccc(COC(=O)Cc2cccc(N)c2)cc1. The van der Waals surface area contributed by atoms with Crippen LogP contribution in [0.3, 0.4) is 0 Å². The maximum Gasteiger partial charge on any atom is 0.310 e. The first-order valence-corrected chi connectivity index (χ1v) is 7.53. The van der Waals surface area contributed by atoms with Crippen molar-refractivity contribution in [2.75, 3.05) is 12.0 Å². The molecule has 0 bridgehead atoms. The minimum absolute atomic E-state index is 0.244. The smallest absolute Gasteiger partial charge is 0.310 e. The van der Waals surface area contributed by atoms with E-state index in [1.165, 1.54) is 4.90 Å². The number of carbonyl (C=O) groups excluding carboxylic acids is 1. The van der Waals surface area contributed by atoms with Gasteiger partial charge in [-0.25, -0.2) is 0 Å². The molecule has 0 aliphatic carbocycles. The van der Waals surface area contributed by atoms with Gasteiger partial charge in [0.1, 0.15) is 6.61 Å². The highest BCUT2D eigenvalue weighted by atomic mass is 32.2. The molecule has 0 aliphatic heterocycles. The van der Waals surface area contributed by atoms with Gasteiger partial charge in [0.05, 0.1) is 6.42 Å². The molecule has 0 aliphatic rings. The summed E-state index contributed by atoms with van der Waals surface area (Å²) < 4.78 is 5.26. The third-order valence-corrected chi connectivity index (χ3v) is 3.60. The molecular formula is C16H17NO2S. The lowest BCUT2D eigenvalue weighted by Gasteiger charge is -2.06. The van der Waals surface area contributed by atoms with Crippen LogP contribution in [0, 0.1) is 0 Å². The molecule has 2 N–H and O–H groups in total. The van der Waals surface area contributed by atoms with E-state index in [0.717, 1.165) is 11.1 Å². The van der Waals surface area contributed by atoms with Crippen molar-refractivity contribution >= 4 is 23.4 Å². The van der Waals surface area contributed by atoms with E-state index in [9.17, 15) is 4.79 Å². The van der Waals surface area contributed by atoms with E-state index in [0.29, 0.717) is 12.3 Å². The Bertz CT molecular complexity index is 581. The lowest BCUT2D eigenvalue weighted by molar-refractivity contribution is -0.144. The van der Waals surface area contributed by atoms with Crippen LogP contribution in [-0.4, -0.2) is 12.2 Å². The maximum absolute atomic E-state index is 11.8. The van der Waals surface area contributed by atoms with Crippen molar-refractivity contribution in [2.45, 2.75) is 17.9 Å². The highest BCUT2D eigenvalue weighted by Crippen LogP contribution is 2.15. The van der Waals surface area contributed by atoms with Gasteiger partial charge in [-0.05, 0) is 41.6 Å². The molecule has 0 amide bonds.